The number of fused-ring (bicyclic) bond motifs is 1. The molecular formula is C16H20N2O5. The third-order valence-electron chi connectivity index (χ3n) is 4.18. The highest BCUT2D eigenvalue weighted by Gasteiger charge is 2.22. The van der Waals surface area contributed by atoms with E-state index in [1.807, 2.05) is 13.8 Å². The molecule has 7 nitrogen and oxygen atoms in total. The van der Waals surface area contributed by atoms with E-state index in [0.717, 1.165) is 6.42 Å². The van der Waals surface area contributed by atoms with Gasteiger partial charge in [0, 0.05) is 18.5 Å². The molecule has 0 saturated carbocycles. The molecule has 0 saturated heterocycles. The first-order valence-electron chi connectivity index (χ1n) is 7.37. The molecule has 0 aliphatic carbocycles. The molecule has 0 aromatic carbocycles. The largest absolute Gasteiger partial charge is 0.481 e. The molecule has 0 aliphatic heterocycles. The van der Waals surface area contributed by atoms with E-state index in [1.165, 1.54) is 19.5 Å². The summed E-state index contributed by atoms with van der Waals surface area (Å²) >= 11 is 0. The van der Waals surface area contributed by atoms with Gasteiger partial charge in [-0.25, -0.2) is 9.78 Å². The molecule has 0 amide bonds. The molecule has 0 unspecified atom stereocenters. The van der Waals surface area contributed by atoms with Gasteiger partial charge in [-0.2, -0.15) is 0 Å². The molecule has 0 fully saturated rings. The van der Waals surface area contributed by atoms with Crippen molar-refractivity contribution >= 4 is 16.9 Å². The number of carboxylic acids is 1. The van der Waals surface area contributed by atoms with Gasteiger partial charge in [0.2, 0.25) is 11.3 Å². The molecular weight excluding hydrogens is 300 g/mol. The third-order valence-corrected chi connectivity index (χ3v) is 4.18. The van der Waals surface area contributed by atoms with Crippen molar-refractivity contribution in [1.82, 2.24) is 9.55 Å². The Morgan fingerprint density at radius 1 is 1.48 bits per heavy atom. The van der Waals surface area contributed by atoms with Crippen LogP contribution in [0.25, 0.3) is 10.9 Å². The molecule has 2 heterocycles. The maximum absolute atomic E-state index is 12.3. The lowest BCUT2D eigenvalue weighted by atomic mass is 9.98. The Bertz CT molecular complexity index is 784. The van der Waals surface area contributed by atoms with Gasteiger partial charge in [-0.1, -0.05) is 20.3 Å². The first kappa shape index (κ1) is 17.0. The Balaban J connectivity index is 2.86. The average molecular weight is 320 g/mol. The van der Waals surface area contributed by atoms with Crippen LogP contribution >= 0.6 is 0 Å². The predicted octanol–water partition coefficient (Wildman–Crippen LogP) is 1.68. The number of hydrogen-bond donors (Lipinski definition) is 2. The minimum atomic E-state index is -1.30. The highest BCUT2D eigenvalue weighted by Crippen LogP contribution is 2.26. The van der Waals surface area contributed by atoms with E-state index in [2.05, 4.69) is 4.98 Å². The minimum absolute atomic E-state index is 0.0894. The second kappa shape index (κ2) is 6.78. The molecule has 7 heteroatoms. The summed E-state index contributed by atoms with van der Waals surface area (Å²) in [6.07, 6.45) is 3.40. The first-order valence-corrected chi connectivity index (χ1v) is 7.37. The maximum Gasteiger partial charge on any atom is 0.341 e. The number of carboxylic acid groups (broad SMARTS) is 1. The summed E-state index contributed by atoms with van der Waals surface area (Å²) in [5.74, 6) is -0.900. The molecule has 0 spiro atoms. The fourth-order valence-electron chi connectivity index (χ4n) is 2.58. The number of methoxy groups -OCH3 is 1. The average Bonchev–Trinajstić information content (AvgIpc) is 2.56. The molecule has 124 valence electrons. The van der Waals surface area contributed by atoms with Gasteiger partial charge in [0.15, 0.2) is 0 Å². The number of ether oxygens (including phenoxy) is 1. The van der Waals surface area contributed by atoms with E-state index in [4.69, 9.17) is 4.74 Å². The summed E-state index contributed by atoms with van der Waals surface area (Å²) in [7, 11) is 1.46. The van der Waals surface area contributed by atoms with Crippen LogP contribution in [-0.4, -0.2) is 39.5 Å². The van der Waals surface area contributed by atoms with Crippen LogP contribution in [0.3, 0.4) is 0 Å². The van der Waals surface area contributed by atoms with Crippen molar-refractivity contribution in [2.45, 2.75) is 26.3 Å². The van der Waals surface area contributed by atoms with E-state index in [9.17, 15) is 19.8 Å². The zero-order chi connectivity index (χ0) is 17.1. The van der Waals surface area contributed by atoms with Crippen molar-refractivity contribution in [1.29, 1.82) is 0 Å². The van der Waals surface area contributed by atoms with Crippen molar-refractivity contribution in [3.63, 3.8) is 0 Å². The van der Waals surface area contributed by atoms with Gasteiger partial charge in [-0.15, -0.1) is 0 Å². The van der Waals surface area contributed by atoms with E-state index < -0.39 is 11.4 Å². The lowest BCUT2D eigenvalue weighted by Gasteiger charge is -2.26. The molecule has 2 atom stereocenters. The number of aromatic carboxylic acids is 1. The van der Waals surface area contributed by atoms with E-state index in [0.29, 0.717) is 11.4 Å². The second-order valence-electron chi connectivity index (χ2n) is 5.46. The topological polar surface area (TPSA) is 102 Å². The van der Waals surface area contributed by atoms with Gasteiger partial charge in [0.1, 0.15) is 5.56 Å². The standard InChI is InChI=1S/C16H20N2O5/c1-4-9(2)13(8-19)18-7-11(16(21)22)15(20)10-6-17-14(23-3)5-12(10)18/h5-7,9,13,19H,4,8H2,1-3H3,(H,21,22)/t9-,13+/m0/s1. The summed E-state index contributed by atoms with van der Waals surface area (Å²) < 4.78 is 6.73. The molecule has 0 aliphatic rings. The monoisotopic (exact) mass is 320 g/mol. The number of aliphatic hydroxyl groups excluding tert-OH is 1. The Morgan fingerprint density at radius 3 is 2.70 bits per heavy atom. The SMILES string of the molecule is CC[C@H](C)[C@@H](CO)n1cc(C(=O)O)c(=O)c2cnc(OC)cc21. The summed E-state index contributed by atoms with van der Waals surface area (Å²) in [5.41, 5.74) is -0.447. The number of carbonyl (C=O) groups is 1. The van der Waals surface area contributed by atoms with Crippen LogP contribution in [0.4, 0.5) is 0 Å². The molecule has 23 heavy (non-hydrogen) atoms. The van der Waals surface area contributed by atoms with Gasteiger partial charge >= 0.3 is 5.97 Å². The second-order valence-corrected chi connectivity index (χ2v) is 5.46. The molecule has 2 N–H and O–H groups in total. The summed E-state index contributed by atoms with van der Waals surface area (Å²) in [5, 5.41) is 19.2. The van der Waals surface area contributed by atoms with Gasteiger partial charge in [0.25, 0.3) is 0 Å². The number of hydrogen-bond acceptors (Lipinski definition) is 5. The first-order chi connectivity index (χ1) is 10.9. The number of nitrogens with zero attached hydrogens (tertiary/aromatic N) is 2. The predicted molar refractivity (Wildman–Crippen MR) is 85.1 cm³/mol. The number of rotatable bonds is 6. The highest BCUT2D eigenvalue weighted by atomic mass is 16.5. The van der Waals surface area contributed by atoms with Crippen molar-refractivity contribution in [2.24, 2.45) is 5.92 Å². The minimum Gasteiger partial charge on any atom is -0.481 e. The Kier molecular flexibility index (Phi) is 5.00. The van der Waals surface area contributed by atoms with Crippen LogP contribution in [0.15, 0.2) is 23.3 Å². The van der Waals surface area contributed by atoms with E-state index in [1.54, 1.807) is 10.6 Å². The van der Waals surface area contributed by atoms with Gasteiger partial charge < -0.3 is 19.5 Å². The van der Waals surface area contributed by atoms with E-state index in [-0.39, 0.29) is 29.5 Å². The summed E-state index contributed by atoms with van der Waals surface area (Å²) in [6.45, 7) is 3.78. The summed E-state index contributed by atoms with van der Waals surface area (Å²) in [4.78, 5) is 27.7. The Hall–Kier alpha value is -2.41. The molecule has 0 bridgehead atoms. The molecule has 2 aromatic heterocycles. The van der Waals surface area contributed by atoms with Crippen LogP contribution in [0.2, 0.25) is 0 Å². The van der Waals surface area contributed by atoms with Crippen molar-refractivity contribution in [3.8, 4) is 5.88 Å². The fraction of sp³-hybridized carbons (Fsp3) is 0.438. The summed E-state index contributed by atoms with van der Waals surface area (Å²) in [6, 6.07) is 1.22. The lowest BCUT2D eigenvalue weighted by molar-refractivity contribution is 0.0694. The van der Waals surface area contributed by atoms with Crippen LogP contribution in [-0.2, 0) is 0 Å². The van der Waals surface area contributed by atoms with Crippen LogP contribution in [0.1, 0.15) is 36.7 Å². The number of pyridine rings is 2. The van der Waals surface area contributed by atoms with Crippen molar-refractivity contribution in [3.05, 3.63) is 34.2 Å². The zero-order valence-corrected chi connectivity index (χ0v) is 13.3. The molecule has 2 rings (SSSR count). The smallest absolute Gasteiger partial charge is 0.341 e. The van der Waals surface area contributed by atoms with Crippen LogP contribution in [0.5, 0.6) is 5.88 Å². The maximum atomic E-state index is 12.3. The highest BCUT2D eigenvalue weighted by molar-refractivity contribution is 5.92. The van der Waals surface area contributed by atoms with Crippen LogP contribution in [0, 0.1) is 5.92 Å². The quantitative estimate of drug-likeness (QED) is 0.839. The molecule has 0 radical (unpaired) electrons. The molecule has 2 aromatic rings. The normalized spacial score (nSPS) is 13.7. The van der Waals surface area contributed by atoms with Crippen molar-refractivity contribution in [2.75, 3.05) is 13.7 Å². The van der Waals surface area contributed by atoms with Crippen molar-refractivity contribution < 1.29 is 19.7 Å². The zero-order valence-electron chi connectivity index (χ0n) is 13.3. The van der Waals surface area contributed by atoms with Gasteiger partial charge in [0.05, 0.1) is 30.7 Å². The lowest BCUT2D eigenvalue weighted by Crippen LogP contribution is -2.26. The fourth-order valence-corrected chi connectivity index (χ4v) is 2.58. The van der Waals surface area contributed by atoms with Crippen LogP contribution < -0.4 is 10.2 Å². The Morgan fingerprint density at radius 2 is 2.17 bits per heavy atom. The third kappa shape index (κ3) is 3.05. The van der Waals surface area contributed by atoms with E-state index >= 15 is 0 Å². The van der Waals surface area contributed by atoms with Gasteiger partial charge in [-0.05, 0) is 5.92 Å². The van der Waals surface area contributed by atoms with Gasteiger partial charge in [-0.3, -0.25) is 4.79 Å². The Labute approximate surface area is 133 Å². The number of aromatic nitrogens is 2. The number of aliphatic hydroxyl groups is 1.